The number of rotatable bonds is 3. The second-order valence-corrected chi connectivity index (χ2v) is 9.24. The largest absolute Gasteiger partial charge is 0.486 e. The van der Waals surface area contributed by atoms with E-state index in [1.54, 1.807) is 25.1 Å². The van der Waals surface area contributed by atoms with Crippen molar-refractivity contribution in [1.29, 1.82) is 0 Å². The van der Waals surface area contributed by atoms with E-state index < -0.39 is 17.5 Å². The van der Waals surface area contributed by atoms with Crippen LogP contribution in [-0.2, 0) is 15.1 Å². The Labute approximate surface area is 181 Å². The Bertz CT molecular complexity index is 918. The Morgan fingerprint density at radius 2 is 1.84 bits per heavy atom. The van der Waals surface area contributed by atoms with Crippen molar-refractivity contribution < 1.29 is 23.9 Å². The highest BCUT2D eigenvalue weighted by Gasteiger charge is 2.50. The average molecular weight is 428 g/mol. The SMILES string of the molecule is C[C@@]1(c2ccc3c(c2)OCCO3)NC(=O)N(CC(=O)N2CC[C@H]3CCCC[C@@H]3C2)C1=O. The van der Waals surface area contributed by atoms with Gasteiger partial charge in [-0.2, -0.15) is 0 Å². The fraction of sp³-hybridized carbons (Fsp3) is 0.609. The average Bonchev–Trinajstić information content (AvgIpc) is 3.02. The number of carbonyl (C=O) groups excluding carboxylic acids is 3. The van der Waals surface area contributed by atoms with E-state index in [9.17, 15) is 14.4 Å². The van der Waals surface area contributed by atoms with Crippen LogP contribution in [0, 0.1) is 11.8 Å². The number of fused-ring (bicyclic) bond motifs is 2. The molecule has 0 unspecified atom stereocenters. The van der Waals surface area contributed by atoms with Crippen LogP contribution in [0.25, 0.3) is 0 Å². The highest BCUT2D eigenvalue weighted by Crippen LogP contribution is 2.38. The number of carbonyl (C=O) groups is 3. The van der Waals surface area contributed by atoms with Crippen LogP contribution in [-0.4, -0.2) is 60.5 Å². The van der Waals surface area contributed by atoms with Crippen LogP contribution >= 0.6 is 0 Å². The van der Waals surface area contributed by atoms with Crippen LogP contribution < -0.4 is 14.8 Å². The second-order valence-electron chi connectivity index (χ2n) is 9.24. The van der Waals surface area contributed by atoms with Crippen molar-refractivity contribution >= 4 is 17.8 Å². The van der Waals surface area contributed by atoms with Crippen molar-refractivity contribution in [2.24, 2.45) is 11.8 Å². The van der Waals surface area contributed by atoms with Crippen molar-refractivity contribution in [3.8, 4) is 11.5 Å². The minimum absolute atomic E-state index is 0.154. The van der Waals surface area contributed by atoms with Gasteiger partial charge in [0, 0.05) is 13.1 Å². The number of hydrogen-bond donors (Lipinski definition) is 1. The summed E-state index contributed by atoms with van der Waals surface area (Å²) in [6.07, 6.45) is 5.96. The fourth-order valence-electron chi connectivity index (χ4n) is 5.45. The number of hydrogen-bond acceptors (Lipinski definition) is 5. The van der Waals surface area contributed by atoms with Crippen LogP contribution in [0.4, 0.5) is 4.79 Å². The summed E-state index contributed by atoms with van der Waals surface area (Å²) in [5.41, 5.74) is -0.642. The molecule has 1 aliphatic carbocycles. The van der Waals surface area contributed by atoms with Gasteiger partial charge in [0.1, 0.15) is 25.3 Å². The molecule has 8 heteroatoms. The summed E-state index contributed by atoms with van der Waals surface area (Å²) in [5.74, 6) is 1.87. The molecule has 0 radical (unpaired) electrons. The topological polar surface area (TPSA) is 88.2 Å². The van der Waals surface area contributed by atoms with Crippen molar-refractivity contribution in [2.75, 3.05) is 32.8 Å². The number of benzene rings is 1. The zero-order chi connectivity index (χ0) is 21.6. The first-order chi connectivity index (χ1) is 15.0. The first-order valence-corrected chi connectivity index (χ1v) is 11.3. The Hall–Kier alpha value is -2.77. The normalized spacial score (nSPS) is 30.1. The number of urea groups is 1. The van der Waals surface area contributed by atoms with Crippen molar-refractivity contribution in [3.63, 3.8) is 0 Å². The molecule has 0 bridgehead atoms. The van der Waals surface area contributed by atoms with E-state index in [-0.39, 0.29) is 12.5 Å². The lowest BCUT2D eigenvalue weighted by molar-refractivity contribution is -0.140. The number of ether oxygens (including phenoxy) is 2. The summed E-state index contributed by atoms with van der Waals surface area (Å²) in [6.45, 7) is 3.81. The Balaban J connectivity index is 1.29. The molecule has 3 atom stereocenters. The molecule has 3 fully saturated rings. The summed E-state index contributed by atoms with van der Waals surface area (Å²) in [6, 6.07) is 4.69. The first-order valence-electron chi connectivity index (χ1n) is 11.3. The number of imide groups is 1. The lowest BCUT2D eigenvalue weighted by Crippen LogP contribution is -2.49. The zero-order valence-electron chi connectivity index (χ0n) is 17.9. The lowest BCUT2D eigenvalue weighted by atomic mass is 9.75. The molecule has 1 aromatic carbocycles. The van der Waals surface area contributed by atoms with Gasteiger partial charge in [-0.3, -0.25) is 14.5 Å². The molecule has 166 valence electrons. The van der Waals surface area contributed by atoms with Crippen LogP contribution in [0.5, 0.6) is 11.5 Å². The van der Waals surface area contributed by atoms with Crippen LogP contribution in [0.2, 0.25) is 0 Å². The number of piperidine rings is 1. The highest BCUT2D eigenvalue weighted by molar-refractivity contribution is 6.09. The van der Waals surface area contributed by atoms with Gasteiger partial charge in [0.15, 0.2) is 11.5 Å². The van der Waals surface area contributed by atoms with E-state index in [1.165, 1.54) is 25.7 Å². The van der Waals surface area contributed by atoms with Crippen molar-refractivity contribution in [3.05, 3.63) is 23.8 Å². The van der Waals surface area contributed by atoms with Crippen LogP contribution in [0.1, 0.15) is 44.6 Å². The molecule has 31 heavy (non-hydrogen) atoms. The maximum absolute atomic E-state index is 13.3. The lowest BCUT2D eigenvalue weighted by Gasteiger charge is -2.41. The maximum atomic E-state index is 13.3. The number of likely N-dealkylation sites (tertiary alicyclic amines) is 1. The van der Waals surface area contributed by atoms with Gasteiger partial charge < -0.3 is 19.7 Å². The molecular weight excluding hydrogens is 398 g/mol. The molecular formula is C23H29N3O5. The maximum Gasteiger partial charge on any atom is 0.325 e. The van der Waals surface area contributed by atoms with Crippen molar-refractivity contribution in [1.82, 2.24) is 15.1 Å². The minimum atomic E-state index is -1.25. The number of nitrogens with one attached hydrogen (secondary N) is 1. The third kappa shape index (κ3) is 3.51. The monoisotopic (exact) mass is 427 g/mol. The summed E-state index contributed by atoms with van der Waals surface area (Å²) < 4.78 is 11.2. The number of amides is 4. The molecule has 2 saturated heterocycles. The first kappa shape index (κ1) is 20.2. The molecule has 0 spiro atoms. The quantitative estimate of drug-likeness (QED) is 0.748. The van der Waals surface area contributed by atoms with Crippen molar-refractivity contribution in [2.45, 2.75) is 44.6 Å². The van der Waals surface area contributed by atoms with E-state index >= 15 is 0 Å². The van der Waals surface area contributed by atoms with Crippen LogP contribution in [0.15, 0.2) is 18.2 Å². The standard InChI is InChI=1S/C23H29N3O5/c1-23(17-6-7-18-19(12-17)31-11-10-30-18)21(28)26(22(29)24-23)14-20(27)25-9-8-15-4-2-3-5-16(15)13-25/h6-7,12,15-16H,2-5,8-11,13-14H2,1H3,(H,24,29)/t15-,16-,23+/m1/s1. The molecule has 0 aromatic heterocycles. The van der Waals surface area contributed by atoms with E-state index in [0.717, 1.165) is 17.9 Å². The summed E-state index contributed by atoms with van der Waals surface area (Å²) >= 11 is 0. The highest BCUT2D eigenvalue weighted by atomic mass is 16.6. The molecule has 3 heterocycles. The van der Waals surface area contributed by atoms with Gasteiger partial charge in [0.2, 0.25) is 5.91 Å². The third-order valence-electron chi connectivity index (χ3n) is 7.33. The van der Waals surface area contributed by atoms with Gasteiger partial charge in [-0.05, 0) is 49.3 Å². The minimum Gasteiger partial charge on any atom is -0.486 e. The fourth-order valence-corrected chi connectivity index (χ4v) is 5.45. The Kier molecular flexibility index (Phi) is 5.02. The molecule has 5 rings (SSSR count). The molecule has 1 saturated carbocycles. The predicted octanol–water partition coefficient (Wildman–Crippen LogP) is 2.26. The van der Waals surface area contributed by atoms with Gasteiger partial charge in [-0.1, -0.05) is 25.3 Å². The molecule has 4 amide bonds. The van der Waals surface area contributed by atoms with E-state index in [4.69, 9.17) is 9.47 Å². The second kappa shape index (κ2) is 7.73. The molecule has 8 nitrogen and oxygen atoms in total. The third-order valence-corrected chi connectivity index (χ3v) is 7.33. The Morgan fingerprint density at radius 3 is 2.65 bits per heavy atom. The van der Waals surface area contributed by atoms with Gasteiger partial charge in [0.05, 0.1) is 0 Å². The summed E-state index contributed by atoms with van der Waals surface area (Å²) in [5, 5.41) is 2.78. The zero-order valence-corrected chi connectivity index (χ0v) is 17.9. The van der Waals surface area contributed by atoms with E-state index in [0.29, 0.717) is 48.7 Å². The smallest absolute Gasteiger partial charge is 0.325 e. The van der Waals surface area contributed by atoms with Gasteiger partial charge in [-0.25, -0.2) is 4.79 Å². The summed E-state index contributed by atoms with van der Waals surface area (Å²) in [7, 11) is 0. The molecule has 1 aromatic rings. The van der Waals surface area contributed by atoms with Gasteiger partial charge in [-0.15, -0.1) is 0 Å². The van der Waals surface area contributed by atoms with Crippen LogP contribution in [0.3, 0.4) is 0 Å². The summed E-state index contributed by atoms with van der Waals surface area (Å²) in [4.78, 5) is 41.8. The predicted molar refractivity (Wildman–Crippen MR) is 112 cm³/mol. The van der Waals surface area contributed by atoms with E-state index in [2.05, 4.69) is 5.32 Å². The van der Waals surface area contributed by atoms with Gasteiger partial charge >= 0.3 is 6.03 Å². The van der Waals surface area contributed by atoms with Gasteiger partial charge in [0.25, 0.3) is 5.91 Å². The molecule has 1 N–H and O–H groups in total. The Morgan fingerprint density at radius 1 is 1.10 bits per heavy atom. The molecule has 4 aliphatic rings. The van der Waals surface area contributed by atoms with E-state index in [1.807, 2.05) is 4.90 Å². The number of nitrogens with zero attached hydrogens (tertiary/aromatic N) is 2. The molecule has 3 aliphatic heterocycles.